The van der Waals surface area contributed by atoms with Crippen molar-refractivity contribution in [3.8, 4) is 0 Å². The molecule has 5 heteroatoms. The van der Waals surface area contributed by atoms with Crippen molar-refractivity contribution in [1.29, 1.82) is 0 Å². The predicted molar refractivity (Wildman–Crippen MR) is 71.0 cm³/mol. The molecule has 18 heavy (non-hydrogen) atoms. The van der Waals surface area contributed by atoms with Crippen molar-refractivity contribution in [3.05, 3.63) is 55.6 Å². The fourth-order valence-corrected chi connectivity index (χ4v) is 3.94. The molecular weight excluding hydrogens is 268 g/mol. The van der Waals surface area contributed by atoms with Crippen LogP contribution in [-0.4, -0.2) is 16.7 Å². The highest BCUT2D eigenvalue weighted by Gasteiger charge is 2.32. The smallest absolute Gasteiger partial charge is 0.214 e. The molecule has 0 radical (unpaired) electrons. The molecule has 2 heterocycles. The van der Waals surface area contributed by atoms with Gasteiger partial charge in [0.2, 0.25) is 5.78 Å². The highest BCUT2D eigenvalue weighted by atomic mass is 32.1. The highest BCUT2D eigenvalue weighted by molar-refractivity contribution is 7.17. The molecule has 0 atom stereocenters. The molecule has 0 spiro atoms. The van der Waals surface area contributed by atoms with Crippen LogP contribution in [0.15, 0.2) is 29.9 Å². The SMILES string of the molecule is O=C1c2ccsc2C(=O)c2sc(CC=CO)cc21. The summed E-state index contributed by atoms with van der Waals surface area (Å²) in [4.78, 5) is 26.4. The molecule has 2 aromatic rings. The summed E-state index contributed by atoms with van der Waals surface area (Å²) in [6.45, 7) is 0. The lowest BCUT2D eigenvalue weighted by atomic mass is 9.95. The van der Waals surface area contributed by atoms with Crippen LogP contribution < -0.4 is 0 Å². The van der Waals surface area contributed by atoms with Gasteiger partial charge in [-0.2, -0.15) is 0 Å². The summed E-state index contributed by atoms with van der Waals surface area (Å²) in [5.74, 6) is -0.129. The van der Waals surface area contributed by atoms with Crippen molar-refractivity contribution in [3.63, 3.8) is 0 Å². The Hall–Kier alpha value is -1.72. The van der Waals surface area contributed by atoms with Gasteiger partial charge in [0.05, 0.1) is 16.0 Å². The van der Waals surface area contributed by atoms with Gasteiger partial charge < -0.3 is 5.11 Å². The number of thiophene rings is 2. The Bertz CT molecular complexity index is 628. The lowest BCUT2D eigenvalue weighted by Crippen LogP contribution is -2.15. The minimum atomic E-state index is -0.0728. The van der Waals surface area contributed by atoms with E-state index in [-0.39, 0.29) is 11.6 Å². The molecule has 0 saturated carbocycles. The van der Waals surface area contributed by atoms with E-state index >= 15 is 0 Å². The minimum Gasteiger partial charge on any atom is -0.516 e. The predicted octanol–water partition coefficient (Wildman–Crippen LogP) is 3.20. The lowest BCUT2D eigenvalue weighted by molar-refractivity contribution is 0.0986. The van der Waals surface area contributed by atoms with Gasteiger partial charge in [-0.3, -0.25) is 9.59 Å². The lowest BCUT2D eigenvalue weighted by Gasteiger charge is -2.08. The Morgan fingerprint density at radius 2 is 2.00 bits per heavy atom. The number of aliphatic hydroxyl groups excluding tert-OH is 1. The van der Waals surface area contributed by atoms with Crippen LogP contribution in [0.1, 0.15) is 35.3 Å². The number of carbonyl (C=O) groups excluding carboxylic acids is 2. The quantitative estimate of drug-likeness (QED) is 0.731. The second kappa shape index (κ2) is 4.19. The third kappa shape index (κ3) is 1.55. The topological polar surface area (TPSA) is 54.4 Å². The largest absolute Gasteiger partial charge is 0.516 e. The summed E-state index contributed by atoms with van der Waals surface area (Å²) in [7, 11) is 0. The second-order valence-corrected chi connectivity index (χ2v) is 5.92. The van der Waals surface area contributed by atoms with E-state index in [1.807, 2.05) is 0 Å². The van der Waals surface area contributed by atoms with Gasteiger partial charge in [0, 0.05) is 22.4 Å². The Morgan fingerprint density at radius 3 is 2.78 bits per heavy atom. The number of fused-ring (bicyclic) bond motifs is 2. The van der Waals surface area contributed by atoms with Gasteiger partial charge in [0.15, 0.2) is 5.78 Å². The Balaban J connectivity index is 2.10. The normalized spacial score (nSPS) is 14.0. The van der Waals surface area contributed by atoms with Gasteiger partial charge in [0.1, 0.15) is 0 Å². The number of hydrogen-bond donors (Lipinski definition) is 1. The van der Waals surface area contributed by atoms with E-state index in [0.717, 1.165) is 11.1 Å². The summed E-state index contributed by atoms with van der Waals surface area (Å²) >= 11 is 2.64. The fraction of sp³-hybridized carbons (Fsp3) is 0.0769. The van der Waals surface area contributed by atoms with Crippen LogP contribution in [0, 0.1) is 0 Å². The number of carbonyl (C=O) groups is 2. The summed E-state index contributed by atoms with van der Waals surface area (Å²) in [6, 6.07) is 3.45. The van der Waals surface area contributed by atoms with Crippen LogP contribution in [0.3, 0.4) is 0 Å². The van der Waals surface area contributed by atoms with E-state index in [1.54, 1.807) is 23.6 Å². The average molecular weight is 276 g/mol. The maximum absolute atomic E-state index is 12.2. The first-order valence-electron chi connectivity index (χ1n) is 5.31. The zero-order chi connectivity index (χ0) is 12.7. The Morgan fingerprint density at radius 1 is 1.17 bits per heavy atom. The molecule has 1 aliphatic carbocycles. The number of aliphatic hydroxyl groups is 1. The van der Waals surface area contributed by atoms with Crippen LogP contribution >= 0.6 is 22.7 Å². The van der Waals surface area contributed by atoms with E-state index in [1.165, 1.54) is 22.7 Å². The zero-order valence-electron chi connectivity index (χ0n) is 9.17. The van der Waals surface area contributed by atoms with Crippen LogP contribution in [-0.2, 0) is 6.42 Å². The second-order valence-electron chi connectivity index (χ2n) is 3.87. The molecule has 0 aliphatic heterocycles. The van der Waals surface area contributed by atoms with E-state index in [0.29, 0.717) is 27.3 Å². The molecule has 90 valence electrons. The Labute approximate surface area is 111 Å². The van der Waals surface area contributed by atoms with Crippen LogP contribution in [0.4, 0.5) is 0 Å². The summed E-state index contributed by atoms with van der Waals surface area (Å²) in [5.41, 5.74) is 1.01. The van der Waals surface area contributed by atoms with E-state index in [2.05, 4.69) is 0 Å². The first-order chi connectivity index (χ1) is 8.72. The van der Waals surface area contributed by atoms with Gasteiger partial charge in [-0.1, -0.05) is 0 Å². The third-order valence-corrected chi connectivity index (χ3v) is 4.84. The number of allylic oxidation sites excluding steroid dienone is 1. The summed E-state index contributed by atoms with van der Waals surface area (Å²) in [5, 5.41) is 10.4. The van der Waals surface area contributed by atoms with Crippen molar-refractivity contribution in [2.45, 2.75) is 6.42 Å². The van der Waals surface area contributed by atoms with Crippen LogP contribution in [0.5, 0.6) is 0 Å². The molecular formula is C13H8O3S2. The maximum Gasteiger partial charge on any atom is 0.214 e. The van der Waals surface area contributed by atoms with Crippen molar-refractivity contribution < 1.29 is 14.7 Å². The molecule has 0 amide bonds. The van der Waals surface area contributed by atoms with Gasteiger partial charge in [-0.15, -0.1) is 22.7 Å². The molecule has 1 N–H and O–H groups in total. The van der Waals surface area contributed by atoms with Crippen LogP contribution in [0.2, 0.25) is 0 Å². The van der Waals surface area contributed by atoms with Crippen molar-refractivity contribution in [2.24, 2.45) is 0 Å². The molecule has 0 bridgehead atoms. The molecule has 0 saturated heterocycles. The fourth-order valence-electron chi connectivity index (χ4n) is 1.96. The minimum absolute atomic E-state index is 0.0566. The monoisotopic (exact) mass is 276 g/mol. The van der Waals surface area contributed by atoms with E-state index < -0.39 is 0 Å². The van der Waals surface area contributed by atoms with Crippen molar-refractivity contribution in [2.75, 3.05) is 0 Å². The summed E-state index contributed by atoms with van der Waals surface area (Å²) < 4.78 is 0. The molecule has 0 fully saturated rings. The van der Waals surface area contributed by atoms with Gasteiger partial charge in [-0.05, 0) is 23.6 Å². The number of ketones is 2. The third-order valence-electron chi connectivity index (χ3n) is 2.77. The molecule has 0 unspecified atom stereocenters. The molecule has 2 aromatic heterocycles. The number of hydrogen-bond acceptors (Lipinski definition) is 5. The standard InChI is InChI=1S/C13H8O3S2/c14-4-1-2-7-6-9-10(15)8-3-5-17-12(8)11(16)13(9)18-7/h1,3-6,14H,2H2. The van der Waals surface area contributed by atoms with E-state index in [9.17, 15) is 9.59 Å². The van der Waals surface area contributed by atoms with Gasteiger partial charge >= 0.3 is 0 Å². The molecule has 1 aliphatic rings. The first-order valence-corrected chi connectivity index (χ1v) is 7.01. The average Bonchev–Trinajstić information content (AvgIpc) is 3.00. The molecule has 3 rings (SSSR count). The zero-order valence-corrected chi connectivity index (χ0v) is 10.8. The molecule has 0 aromatic carbocycles. The Kier molecular flexibility index (Phi) is 2.65. The van der Waals surface area contributed by atoms with Crippen molar-refractivity contribution >= 4 is 34.2 Å². The first kappa shape index (κ1) is 11.4. The maximum atomic E-state index is 12.2. The van der Waals surface area contributed by atoms with Crippen LogP contribution in [0.25, 0.3) is 0 Å². The van der Waals surface area contributed by atoms with Gasteiger partial charge in [0.25, 0.3) is 0 Å². The van der Waals surface area contributed by atoms with E-state index in [4.69, 9.17) is 5.11 Å². The summed E-state index contributed by atoms with van der Waals surface area (Å²) in [6.07, 6.45) is 3.09. The highest BCUT2D eigenvalue weighted by Crippen LogP contribution is 2.35. The van der Waals surface area contributed by atoms with Gasteiger partial charge in [-0.25, -0.2) is 0 Å². The number of rotatable bonds is 2. The molecule has 3 nitrogen and oxygen atoms in total. The van der Waals surface area contributed by atoms with Crippen molar-refractivity contribution in [1.82, 2.24) is 0 Å².